The summed E-state index contributed by atoms with van der Waals surface area (Å²) in [5.74, 6) is 2.27. The molecule has 0 unspecified atom stereocenters. The van der Waals surface area contributed by atoms with Gasteiger partial charge < -0.3 is 14.2 Å². The number of aromatic nitrogens is 5. The van der Waals surface area contributed by atoms with Gasteiger partial charge >= 0.3 is 0 Å². The molecule has 2 aliphatic heterocycles. The van der Waals surface area contributed by atoms with Gasteiger partial charge in [-0.3, -0.25) is 9.36 Å². The molecule has 1 saturated heterocycles. The largest absolute Gasteiger partial charge is 0.381 e. The van der Waals surface area contributed by atoms with Crippen LogP contribution in [0.4, 0.5) is 0 Å². The van der Waals surface area contributed by atoms with Crippen molar-refractivity contribution in [3.05, 3.63) is 60.2 Å². The van der Waals surface area contributed by atoms with Gasteiger partial charge in [0.1, 0.15) is 24.0 Å². The number of carbonyl (C=O) groups is 1. The lowest BCUT2D eigenvalue weighted by atomic mass is 9.98. The highest BCUT2D eigenvalue weighted by Crippen LogP contribution is 2.39. The lowest BCUT2D eigenvalue weighted by molar-refractivity contribution is -0.135. The van der Waals surface area contributed by atoms with Crippen LogP contribution in [0, 0.1) is 6.92 Å². The molecule has 8 heteroatoms. The van der Waals surface area contributed by atoms with E-state index in [9.17, 15) is 4.79 Å². The van der Waals surface area contributed by atoms with Crippen LogP contribution in [0.2, 0.25) is 0 Å². The zero-order chi connectivity index (χ0) is 23.4. The molecule has 1 atom stereocenters. The van der Waals surface area contributed by atoms with Gasteiger partial charge in [-0.25, -0.2) is 15.0 Å². The first-order chi connectivity index (χ1) is 16.5. The van der Waals surface area contributed by atoms with Crippen molar-refractivity contribution in [3.63, 3.8) is 0 Å². The van der Waals surface area contributed by atoms with Crippen molar-refractivity contribution in [2.45, 2.75) is 45.2 Å². The number of amides is 1. The normalized spacial score (nSPS) is 19.1. The predicted octanol–water partition coefficient (Wildman–Crippen LogP) is 4.02. The number of nitrogens with zero attached hydrogens (tertiary/aromatic N) is 6. The molecular weight excluding hydrogens is 428 g/mol. The molecule has 1 fully saturated rings. The average Bonchev–Trinajstić information content (AvgIpc) is 3.46. The third-order valence-electron chi connectivity index (χ3n) is 7.11. The van der Waals surface area contributed by atoms with Crippen LogP contribution in [0.25, 0.3) is 27.8 Å². The number of benzene rings is 1. The zero-order valence-corrected chi connectivity index (χ0v) is 19.7. The molecule has 1 aromatic carbocycles. The Labute approximate surface area is 198 Å². The van der Waals surface area contributed by atoms with E-state index >= 15 is 0 Å². The van der Waals surface area contributed by atoms with E-state index in [1.165, 1.54) is 0 Å². The smallest absolute Gasteiger partial charge is 0.245 e. The zero-order valence-electron chi connectivity index (χ0n) is 19.7. The number of imidazole rings is 2. The summed E-state index contributed by atoms with van der Waals surface area (Å²) in [7, 11) is 1.87. The third-order valence-corrected chi connectivity index (χ3v) is 7.11. The van der Waals surface area contributed by atoms with E-state index in [1.54, 1.807) is 6.33 Å². The first-order valence-electron chi connectivity index (χ1n) is 11.8. The summed E-state index contributed by atoms with van der Waals surface area (Å²) in [6.45, 7) is 5.97. The first-order valence-corrected chi connectivity index (χ1v) is 11.8. The summed E-state index contributed by atoms with van der Waals surface area (Å²) < 4.78 is 9.73. The average molecular weight is 457 g/mol. The van der Waals surface area contributed by atoms with Gasteiger partial charge in [0.2, 0.25) is 5.91 Å². The maximum absolute atomic E-state index is 12.9. The van der Waals surface area contributed by atoms with E-state index in [0.717, 1.165) is 71.1 Å². The van der Waals surface area contributed by atoms with Crippen LogP contribution < -0.4 is 0 Å². The van der Waals surface area contributed by atoms with Gasteiger partial charge in [0.25, 0.3) is 0 Å². The van der Waals surface area contributed by atoms with Crippen molar-refractivity contribution in [3.8, 4) is 17.1 Å². The van der Waals surface area contributed by atoms with Crippen molar-refractivity contribution in [1.29, 1.82) is 0 Å². The van der Waals surface area contributed by atoms with Gasteiger partial charge in [0.15, 0.2) is 0 Å². The van der Waals surface area contributed by atoms with Crippen LogP contribution in [-0.2, 0) is 16.1 Å². The fraction of sp³-hybridized carbons (Fsp3) is 0.385. The van der Waals surface area contributed by atoms with Crippen LogP contribution in [0.5, 0.6) is 0 Å². The highest BCUT2D eigenvalue weighted by atomic mass is 16.5. The number of carbonyl (C=O) groups excluding carboxylic acids is 1. The molecule has 0 radical (unpaired) electrons. The third kappa shape index (κ3) is 3.32. The summed E-state index contributed by atoms with van der Waals surface area (Å²) in [5.41, 5.74) is 4.05. The van der Waals surface area contributed by atoms with Crippen LogP contribution in [-0.4, -0.2) is 55.2 Å². The molecule has 1 amide bonds. The van der Waals surface area contributed by atoms with Crippen molar-refractivity contribution in [2.24, 2.45) is 0 Å². The van der Waals surface area contributed by atoms with Gasteiger partial charge in [-0.05, 0) is 38.1 Å². The summed E-state index contributed by atoms with van der Waals surface area (Å²) in [5, 5.41) is 2.14. The van der Waals surface area contributed by atoms with Gasteiger partial charge in [-0.1, -0.05) is 18.2 Å². The van der Waals surface area contributed by atoms with E-state index in [0.29, 0.717) is 12.5 Å². The summed E-state index contributed by atoms with van der Waals surface area (Å²) >= 11 is 0. The van der Waals surface area contributed by atoms with E-state index in [4.69, 9.17) is 14.7 Å². The molecule has 5 heterocycles. The minimum atomic E-state index is -0.267. The molecule has 4 aromatic rings. The van der Waals surface area contributed by atoms with E-state index in [1.807, 2.05) is 42.8 Å². The van der Waals surface area contributed by atoms with Crippen LogP contribution >= 0.6 is 0 Å². The minimum Gasteiger partial charge on any atom is -0.381 e. The number of pyridine rings is 1. The van der Waals surface area contributed by atoms with E-state index in [-0.39, 0.29) is 11.9 Å². The monoisotopic (exact) mass is 456 g/mol. The Hall–Kier alpha value is -3.52. The number of likely N-dealkylation sites (N-methyl/N-ethyl adjacent to an activating group) is 1. The Morgan fingerprint density at radius 3 is 2.74 bits per heavy atom. The molecule has 174 valence electrons. The van der Waals surface area contributed by atoms with Gasteiger partial charge in [-0.15, -0.1) is 0 Å². The molecule has 3 aromatic heterocycles. The predicted molar refractivity (Wildman–Crippen MR) is 129 cm³/mol. The lowest BCUT2D eigenvalue weighted by Crippen LogP contribution is -2.40. The van der Waals surface area contributed by atoms with Crippen LogP contribution in [0.1, 0.15) is 48.9 Å². The van der Waals surface area contributed by atoms with Gasteiger partial charge in [-0.2, -0.15) is 0 Å². The Balaban J connectivity index is 1.52. The fourth-order valence-corrected chi connectivity index (χ4v) is 5.31. The maximum Gasteiger partial charge on any atom is 0.245 e. The molecule has 8 nitrogen and oxygen atoms in total. The van der Waals surface area contributed by atoms with Crippen molar-refractivity contribution in [2.75, 3.05) is 20.3 Å². The highest BCUT2D eigenvalue weighted by molar-refractivity contribution is 5.97. The Bertz CT molecular complexity index is 1400. The number of rotatable bonds is 3. The van der Waals surface area contributed by atoms with Crippen molar-refractivity contribution >= 4 is 16.7 Å². The molecule has 6 rings (SSSR count). The number of hydrogen-bond acceptors (Lipinski definition) is 5. The second-order valence-corrected chi connectivity index (χ2v) is 9.38. The topological polar surface area (TPSA) is 78.1 Å². The molecular formula is C26H28N6O2. The quantitative estimate of drug-likeness (QED) is 0.465. The molecule has 2 aliphatic rings. The van der Waals surface area contributed by atoms with Crippen LogP contribution in [0.3, 0.4) is 0 Å². The molecule has 34 heavy (non-hydrogen) atoms. The summed E-state index contributed by atoms with van der Waals surface area (Å²) in [4.78, 5) is 29.0. The number of fused-ring (bicyclic) bond motifs is 2. The summed E-state index contributed by atoms with van der Waals surface area (Å²) in [6.07, 6.45) is 7.54. The molecule has 0 bridgehead atoms. The van der Waals surface area contributed by atoms with Gasteiger partial charge in [0, 0.05) is 49.5 Å². The minimum absolute atomic E-state index is 0.129. The SMILES string of the molecule is Cc1cn(-c2cc3cccc(-c4nc(C5CCOCC5)n5c4CN(C)C(=O)[C@@H]5C)c3cn2)cn1. The second kappa shape index (κ2) is 8.06. The van der Waals surface area contributed by atoms with Gasteiger partial charge in [0.05, 0.1) is 23.6 Å². The Morgan fingerprint density at radius 1 is 1.15 bits per heavy atom. The molecule has 0 saturated carbocycles. The molecule has 0 aliphatic carbocycles. The second-order valence-electron chi connectivity index (χ2n) is 9.38. The molecule has 0 N–H and O–H groups in total. The number of ether oxygens (including phenoxy) is 1. The van der Waals surface area contributed by atoms with E-state index in [2.05, 4.69) is 33.8 Å². The number of hydrogen-bond donors (Lipinski definition) is 0. The fourth-order valence-electron chi connectivity index (χ4n) is 5.31. The lowest BCUT2D eigenvalue weighted by Gasteiger charge is -2.32. The maximum atomic E-state index is 12.9. The van der Waals surface area contributed by atoms with Crippen molar-refractivity contribution in [1.82, 2.24) is 29.0 Å². The first kappa shape index (κ1) is 21.0. The number of aryl methyl sites for hydroxylation is 1. The highest BCUT2D eigenvalue weighted by Gasteiger charge is 2.36. The Morgan fingerprint density at radius 2 is 1.97 bits per heavy atom. The standard InChI is InChI=1S/C26H28N6O2/c1-16-13-31(15-28-16)23-11-19-5-4-6-20(21(19)12-27-23)24-22-14-30(3)26(33)17(2)32(22)25(29-24)18-7-9-34-10-8-18/h4-6,11-13,15,17-18H,7-10,14H2,1-3H3/t17-/m0/s1. The van der Waals surface area contributed by atoms with E-state index < -0.39 is 0 Å². The van der Waals surface area contributed by atoms with Crippen LogP contribution in [0.15, 0.2) is 43.0 Å². The molecule has 0 spiro atoms. The Kier molecular flexibility index (Phi) is 4.99. The van der Waals surface area contributed by atoms with Crippen molar-refractivity contribution < 1.29 is 9.53 Å². The summed E-state index contributed by atoms with van der Waals surface area (Å²) in [6, 6.07) is 8.11.